The number of nitrogens with one attached hydrogen (secondary N) is 1. The summed E-state index contributed by atoms with van der Waals surface area (Å²) >= 11 is 22.6. The van der Waals surface area contributed by atoms with Gasteiger partial charge in [-0.15, -0.1) is 0 Å². The Bertz CT molecular complexity index is 1500. The fourth-order valence-electron chi connectivity index (χ4n) is 2.88. The van der Waals surface area contributed by atoms with Gasteiger partial charge in [0.15, 0.2) is 11.0 Å². The largest absolute Gasteiger partial charge is 0.497 e. The summed E-state index contributed by atoms with van der Waals surface area (Å²) in [6.07, 6.45) is 0. The van der Waals surface area contributed by atoms with E-state index in [1.54, 1.807) is 20.3 Å². The molecular formula is C28H23Cl4FN6O2. The number of methoxy groups -OCH3 is 2. The van der Waals surface area contributed by atoms with Crippen LogP contribution in [-0.2, 0) is 13.1 Å². The van der Waals surface area contributed by atoms with E-state index in [0.29, 0.717) is 23.9 Å². The number of nitrogens with two attached hydrogens (primary N) is 1. The topological polar surface area (TPSA) is 130 Å². The second-order valence-corrected chi connectivity index (χ2v) is 9.22. The molecule has 8 nitrogen and oxygen atoms in total. The van der Waals surface area contributed by atoms with Gasteiger partial charge in [0, 0.05) is 13.1 Å². The first-order chi connectivity index (χ1) is 19.6. The van der Waals surface area contributed by atoms with Crippen LogP contribution in [0.25, 0.3) is 0 Å². The number of ether oxygens (including phenoxy) is 2. The minimum atomic E-state index is -0.743. The van der Waals surface area contributed by atoms with E-state index in [4.69, 9.17) is 72.1 Å². The normalized spacial score (nSPS) is 9.61. The SMILES string of the molecule is COc1ccc(CN)cc1.COc1ccc(CNc2nc(Cl)c(C#N)cc2Cl)cc1.N#Cc1cc(F)c(Cl)nc1Cl. The number of hydrogen-bond acceptors (Lipinski definition) is 8. The van der Waals surface area contributed by atoms with Crippen LogP contribution in [0.15, 0.2) is 60.7 Å². The Labute approximate surface area is 257 Å². The number of nitrogens with zero attached hydrogens (tertiary/aromatic N) is 4. The summed E-state index contributed by atoms with van der Waals surface area (Å²) in [6, 6.07) is 21.4. The van der Waals surface area contributed by atoms with Crippen LogP contribution in [0, 0.1) is 28.5 Å². The van der Waals surface area contributed by atoms with Crippen molar-refractivity contribution in [3.8, 4) is 23.6 Å². The van der Waals surface area contributed by atoms with Gasteiger partial charge in [-0.2, -0.15) is 10.5 Å². The standard InChI is InChI=1S/C14H11Cl2N3O.C8H11NO.C6HCl2FN2/c1-20-11-4-2-9(3-5-11)8-18-14-12(15)6-10(7-17)13(16)19-14;1-10-8-4-2-7(6-9)3-5-8;7-5-3(2-10)1-4(9)6(8)11-5/h2-6H,8H2,1H3,(H,18,19);2-5H,6,9H2,1H3;1H. The Morgan fingerprint density at radius 3 is 1.76 bits per heavy atom. The molecule has 2 aromatic heterocycles. The van der Waals surface area contributed by atoms with E-state index in [0.717, 1.165) is 28.7 Å². The first kappa shape index (κ1) is 33.4. The monoisotopic (exact) mass is 634 g/mol. The van der Waals surface area contributed by atoms with Crippen LogP contribution in [-0.4, -0.2) is 24.2 Å². The molecule has 13 heteroatoms. The van der Waals surface area contributed by atoms with E-state index in [2.05, 4.69) is 15.3 Å². The van der Waals surface area contributed by atoms with Crippen molar-refractivity contribution in [2.24, 2.45) is 5.73 Å². The van der Waals surface area contributed by atoms with Gasteiger partial charge in [-0.3, -0.25) is 0 Å². The van der Waals surface area contributed by atoms with Gasteiger partial charge in [-0.05, 0) is 47.5 Å². The zero-order valence-electron chi connectivity index (χ0n) is 21.8. The van der Waals surface area contributed by atoms with Crippen LogP contribution in [0.1, 0.15) is 22.3 Å². The molecule has 4 aromatic rings. The molecular weight excluding hydrogens is 613 g/mol. The Hall–Kier alpha value is -3.83. The van der Waals surface area contributed by atoms with Gasteiger partial charge in [-0.25, -0.2) is 14.4 Å². The highest BCUT2D eigenvalue weighted by Gasteiger charge is 2.09. The summed E-state index contributed by atoms with van der Waals surface area (Å²) in [7, 11) is 3.27. The fourth-order valence-corrected chi connectivity index (χ4v) is 3.65. The zero-order valence-corrected chi connectivity index (χ0v) is 24.8. The van der Waals surface area contributed by atoms with Crippen LogP contribution >= 0.6 is 46.4 Å². The third-order valence-electron chi connectivity index (χ3n) is 5.07. The maximum Gasteiger partial charge on any atom is 0.166 e. The Morgan fingerprint density at radius 1 is 0.780 bits per heavy atom. The van der Waals surface area contributed by atoms with Gasteiger partial charge in [0.05, 0.1) is 30.4 Å². The van der Waals surface area contributed by atoms with Gasteiger partial charge in [0.2, 0.25) is 0 Å². The fraction of sp³-hybridized carbons (Fsp3) is 0.143. The molecule has 4 rings (SSSR count). The smallest absolute Gasteiger partial charge is 0.166 e. The van der Waals surface area contributed by atoms with Crippen molar-refractivity contribution in [1.82, 2.24) is 9.97 Å². The molecule has 0 saturated heterocycles. The third-order valence-corrected chi connectivity index (χ3v) is 6.20. The molecule has 2 heterocycles. The molecule has 212 valence electrons. The molecule has 0 amide bonds. The van der Waals surface area contributed by atoms with Crippen LogP contribution in [0.5, 0.6) is 11.5 Å². The van der Waals surface area contributed by atoms with E-state index < -0.39 is 5.82 Å². The number of aromatic nitrogens is 2. The van der Waals surface area contributed by atoms with Crippen molar-refractivity contribution >= 4 is 52.2 Å². The maximum absolute atomic E-state index is 12.5. The van der Waals surface area contributed by atoms with Crippen LogP contribution in [0.2, 0.25) is 20.5 Å². The van der Waals surface area contributed by atoms with Gasteiger partial charge < -0.3 is 20.5 Å². The molecule has 0 spiro atoms. The number of hydrogen-bond donors (Lipinski definition) is 2. The molecule has 2 aromatic carbocycles. The van der Waals surface area contributed by atoms with E-state index in [1.807, 2.05) is 54.6 Å². The minimum Gasteiger partial charge on any atom is -0.497 e. The average molecular weight is 636 g/mol. The number of pyridine rings is 2. The molecule has 0 aliphatic rings. The lowest BCUT2D eigenvalue weighted by Gasteiger charge is -2.09. The third kappa shape index (κ3) is 10.6. The minimum absolute atomic E-state index is 0.0198. The molecule has 0 aliphatic heterocycles. The molecule has 41 heavy (non-hydrogen) atoms. The van der Waals surface area contributed by atoms with Gasteiger partial charge in [0.25, 0.3) is 0 Å². The first-order valence-electron chi connectivity index (χ1n) is 11.5. The number of nitriles is 2. The molecule has 0 bridgehead atoms. The zero-order chi connectivity index (χ0) is 30.4. The maximum atomic E-state index is 12.5. The van der Waals surface area contributed by atoms with E-state index in [1.165, 1.54) is 6.07 Å². The summed E-state index contributed by atoms with van der Waals surface area (Å²) in [5.41, 5.74) is 7.81. The highest BCUT2D eigenvalue weighted by atomic mass is 35.5. The van der Waals surface area contributed by atoms with Crippen molar-refractivity contribution in [2.45, 2.75) is 13.1 Å². The average Bonchev–Trinajstić information content (AvgIpc) is 3.00. The molecule has 0 fully saturated rings. The molecule has 0 radical (unpaired) electrons. The van der Waals surface area contributed by atoms with Crippen molar-refractivity contribution < 1.29 is 13.9 Å². The van der Waals surface area contributed by atoms with Crippen LogP contribution in [0.4, 0.5) is 10.2 Å². The second kappa shape index (κ2) is 17.1. The van der Waals surface area contributed by atoms with E-state index in [-0.39, 0.29) is 26.6 Å². The Balaban J connectivity index is 0.000000236. The highest BCUT2D eigenvalue weighted by Crippen LogP contribution is 2.26. The summed E-state index contributed by atoms with van der Waals surface area (Å²) in [4.78, 5) is 7.44. The molecule has 0 atom stereocenters. The summed E-state index contributed by atoms with van der Waals surface area (Å²) in [6.45, 7) is 1.13. The van der Waals surface area contributed by atoms with Crippen molar-refractivity contribution in [1.29, 1.82) is 10.5 Å². The van der Waals surface area contributed by atoms with Crippen molar-refractivity contribution in [2.75, 3.05) is 19.5 Å². The molecule has 0 unspecified atom stereocenters. The van der Waals surface area contributed by atoms with Gasteiger partial charge >= 0.3 is 0 Å². The molecule has 0 saturated carbocycles. The van der Waals surface area contributed by atoms with Gasteiger partial charge in [-0.1, -0.05) is 70.7 Å². The van der Waals surface area contributed by atoms with Crippen molar-refractivity contribution in [3.63, 3.8) is 0 Å². The first-order valence-corrected chi connectivity index (χ1v) is 13.0. The Morgan fingerprint density at radius 2 is 1.27 bits per heavy atom. The number of rotatable bonds is 6. The summed E-state index contributed by atoms with van der Waals surface area (Å²) < 4.78 is 22.6. The van der Waals surface area contributed by atoms with Crippen LogP contribution < -0.4 is 20.5 Å². The lowest BCUT2D eigenvalue weighted by Crippen LogP contribution is -2.03. The molecule has 0 aliphatic carbocycles. The lowest BCUT2D eigenvalue weighted by atomic mass is 10.2. The van der Waals surface area contributed by atoms with E-state index >= 15 is 0 Å². The van der Waals surface area contributed by atoms with Crippen LogP contribution in [0.3, 0.4) is 0 Å². The quantitative estimate of drug-likeness (QED) is 0.209. The number of benzene rings is 2. The molecule has 3 N–H and O–H groups in total. The Kier molecular flexibility index (Phi) is 13.9. The lowest BCUT2D eigenvalue weighted by molar-refractivity contribution is 0.414. The van der Waals surface area contributed by atoms with Gasteiger partial charge in [0.1, 0.15) is 39.8 Å². The predicted molar refractivity (Wildman–Crippen MR) is 159 cm³/mol. The summed E-state index contributed by atoms with van der Waals surface area (Å²) in [5, 5.41) is 20.3. The second-order valence-electron chi connectivity index (χ2n) is 7.73. The summed E-state index contributed by atoms with van der Waals surface area (Å²) in [5.74, 6) is 1.38. The van der Waals surface area contributed by atoms with E-state index in [9.17, 15) is 4.39 Å². The predicted octanol–water partition coefficient (Wildman–Crippen LogP) is 7.43. The highest BCUT2D eigenvalue weighted by molar-refractivity contribution is 6.35. The van der Waals surface area contributed by atoms with Crippen molar-refractivity contribution in [3.05, 3.63) is 109 Å². The number of anilines is 1. The number of halogens is 5.